The van der Waals surface area contributed by atoms with Crippen LogP contribution in [-0.4, -0.2) is 17.1 Å². The van der Waals surface area contributed by atoms with E-state index in [1.54, 1.807) is 25.2 Å². The fourth-order valence-corrected chi connectivity index (χ4v) is 2.18. The highest BCUT2D eigenvalue weighted by Gasteiger charge is 2.13. The number of rotatable bonds is 5. The standard InChI is InChI=1S/C15H15FN2O3/c1-17(9-11-3-2-4-13(16)7-11)15-6-5-14(18(20)21)8-12(15)10-19/h2-8,19H,9-10H2,1H3. The van der Waals surface area contributed by atoms with Gasteiger partial charge in [0.1, 0.15) is 5.82 Å². The summed E-state index contributed by atoms with van der Waals surface area (Å²) in [5.74, 6) is -0.313. The molecule has 2 rings (SSSR count). The van der Waals surface area contributed by atoms with E-state index < -0.39 is 4.92 Å². The lowest BCUT2D eigenvalue weighted by molar-refractivity contribution is -0.384. The first kappa shape index (κ1) is 14.9. The summed E-state index contributed by atoms with van der Waals surface area (Å²) < 4.78 is 13.2. The minimum absolute atomic E-state index is 0.0676. The first-order valence-electron chi connectivity index (χ1n) is 6.35. The molecule has 0 aliphatic carbocycles. The second-order valence-electron chi connectivity index (χ2n) is 4.71. The van der Waals surface area contributed by atoms with Gasteiger partial charge < -0.3 is 10.0 Å². The normalized spacial score (nSPS) is 10.4. The lowest BCUT2D eigenvalue weighted by atomic mass is 10.1. The van der Waals surface area contributed by atoms with Crippen molar-refractivity contribution in [2.75, 3.05) is 11.9 Å². The molecule has 0 aliphatic rings. The van der Waals surface area contributed by atoms with Crippen LogP contribution in [0.2, 0.25) is 0 Å². The first-order chi connectivity index (χ1) is 10.0. The second-order valence-corrected chi connectivity index (χ2v) is 4.71. The number of aliphatic hydroxyl groups excluding tert-OH is 1. The molecule has 0 amide bonds. The van der Waals surface area contributed by atoms with Crippen molar-refractivity contribution in [3.63, 3.8) is 0 Å². The zero-order chi connectivity index (χ0) is 15.4. The number of anilines is 1. The third-order valence-corrected chi connectivity index (χ3v) is 3.16. The third kappa shape index (κ3) is 3.55. The Morgan fingerprint density at radius 2 is 2.05 bits per heavy atom. The Bertz CT molecular complexity index is 661. The molecule has 0 aromatic heterocycles. The van der Waals surface area contributed by atoms with Crippen molar-refractivity contribution in [1.82, 2.24) is 0 Å². The van der Waals surface area contributed by atoms with Gasteiger partial charge in [0.15, 0.2) is 0 Å². The van der Waals surface area contributed by atoms with Gasteiger partial charge in [-0.2, -0.15) is 0 Å². The van der Waals surface area contributed by atoms with E-state index >= 15 is 0 Å². The van der Waals surface area contributed by atoms with Gasteiger partial charge in [0.25, 0.3) is 5.69 Å². The molecule has 0 bridgehead atoms. The third-order valence-electron chi connectivity index (χ3n) is 3.16. The van der Waals surface area contributed by atoms with Gasteiger partial charge >= 0.3 is 0 Å². The molecule has 0 aliphatic heterocycles. The average Bonchev–Trinajstić information content (AvgIpc) is 2.46. The Hall–Kier alpha value is -2.47. The molecule has 5 nitrogen and oxygen atoms in total. The van der Waals surface area contributed by atoms with Crippen LogP contribution in [0.3, 0.4) is 0 Å². The monoisotopic (exact) mass is 290 g/mol. The van der Waals surface area contributed by atoms with Crippen molar-refractivity contribution < 1.29 is 14.4 Å². The van der Waals surface area contributed by atoms with Crippen molar-refractivity contribution >= 4 is 11.4 Å². The molecule has 1 N–H and O–H groups in total. The highest BCUT2D eigenvalue weighted by molar-refractivity contribution is 5.57. The molecule has 0 atom stereocenters. The van der Waals surface area contributed by atoms with Gasteiger partial charge in [-0.05, 0) is 23.8 Å². The maximum atomic E-state index is 13.2. The summed E-state index contributed by atoms with van der Waals surface area (Å²) in [4.78, 5) is 12.1. The SMILES string of the molecule is CN(Cc1cccc(F)c1)c1ccc([N+](=O)[O-])cc1CO. The van der Waals surface area contributed by atoms with Gasteiger partial charge in [-0.1, -0.05) is 12.1 Å². The van der Waals surface area contributed by atoms with Crippen LogP contribution in [0.25, 0.3) is 0 Å². The Balaban J connectivity index is 2.26. The Morgan fingerprint density at radius 3 is 2.67 bits per heavy atom. The van der Waals surface area contributed by atoms with Gasteiger partial charge in [0.2, 0.25) is 0 Å². The minimum atomic E-state index is -0.504. The van der Waals surface area contributed by atoms with E-state index in [4.69, 9.17) is 0 Å². The number of non-ortho nitro benzene ring substituents is 1. The van der Waals surface area contributed by atoms with E-state index in [1.165, 1.54) is 24.3 Å². The zero-order valence-electron chi connectivity index (χ0n) is 11.5. The lowest BCUT2D eigenvalue weighted by Gasteiger charge is -2.22. The molecule has 2 aromatic rings. The highest BCUT2D eigenvalue weighted by atomic mass is 19.1. The molecule has 0 unspecified atom stereocenters. The Morgan fingerprint density at radius 1 is 1.29 bits per heavy atom. The minimum Gasteiger partial charge on any atom is -0.392 e. The van der Waals surface area contributed by atoms with Crippen LogP contribution in [0.1, 0.15) is 11.1 Å². The van der Waals surface area contributed by atoms with Crippen LogP contribution < -0.4 is 4.90 Å². The summed E-state index contributed by atoms with van der Waals surface area (Å²) in [6, 6.07) is 10.5. The van der Waals surface area contributed by atoms with Gasteiger partial charge in [-0.15, -0.1) is 0 Å². The van der Waals surface area contributed by atoms with Crippen LogP contribution in [0.5, 0.6) is 0 Å². The molecular weight excluding hydrogens is 275 g/mol. The first-order valence-corrected chi connectivity index (χ1v) is 6.35. The lowest BCUT2D eigenvalue weighted by Crippen LogP contribution is -2.18. The summed E-state index contributed by atoms with van der Waals surface area (Å²) in [6.07, 6.45) is 0. The predicted molar refractivity (Wildman–Crippen MR) is 77.5 cm³/mol. The molecule has 6 heteroatoms. The van der Waals surface area contributed by atoms with Crippen molar-refractivity contribution in [2.24, 2.45) is 0 Å². The van der Waals surface area contributed by atoms with E-state index in [2.05, 4.69) is 0 Å². The smallest absolute Gasteiger partial charge is 0.269 e. The van der Waals surface area contributed by atoms with Gasteiger partial charge in [-0.25, -0.2) is 4.39 Å². The fraction of sp³-hybridized carbons (Fsp3) is 0.200. The summed E-state index contributed by atoms with van der Waals surface area (Å²) in [5, 5.41) is 20.1. The Labute approximate surface area is 121 Å². The maximum Gasteiger partial charge on any atom is 0.269 e. The van der Waals surface area contributed by atoms with Crippen molar-refractivity contribution in [3.05, 3.63) is 69.5 Å². The Kier molecular flexibility index (Phi) is 4.49. The molecule has 0 radical (unpaired) electrons. The molecule has 0 saturated heterocycles. The number of aliphatic hydroxyl groups is 1. The second kappa shape index (κ2) is 6.32. The number of benzene rings is 2. The van der Waals surface area contributed by atoms with Crippen LogP contribution in [0.4, 0.5) is 15.8 Å². The highest BCUT2D eigenvalue weighted by Crippen LogP contribution is 2.26. The van der Waals surface area contributed by atoms with Crippen LogP contribution in [0.15, 0.2) is 42.5 Å². The molecule has 110 valence electrons. The van der Waals surface area contributed by atoms with Crippen molar-refractivity contribution in [3.8, 4) is 0 Å². The number of hydrogen-bond donors (Lipinski definition) is 1. The summed E-state index contributed by atoms with van der Waals surface area (Å²) in [6.45, 7) is 0.132. The topological polar surface area (TPSA) is 66.6 Å². The zero-order valence-corrected chi connectivity index (χ0v) is 11.5. The summed E-state index contributed by atoms with van der Waals surface area (Å²) >= 11 is 0. The predicted octanol–water partition coefficient (Wildman–Crippen LogP) is 2.86. The molecule has 21 heavy (non-hydrogen) atoms. The summed E-state index contributed by atoms with van der Waals surface area (Å²) in [7, 11) is 1.78. The number of halogens is 1. The largest absolute Gasteiger partial charge is 0.392 e. The van der Waals surface area contributed by atoms with E-state index in [9.17, 15) is 19.6 Å². The number of nitrogens with zero attached hydrogens (tertiary/aromatic N) is 2. The summed E-state index contributed by atoms with van der Waals surface area (Å²) in [5.41, 5.74) is 1.84. The molecule has 0 heterocycles. The maximum absolute atomic E-state index is 13.2. The molecule has 0 spiro atoms. The van der Waals surface area contributed by atoms with Gasteiger partial charge in [0, 0.05) is 37.0 Å². The molecule has 2 aromatic carbocycles. The molecule has 0 fully saturated rings. The fourth-order valence-electron chi connectivity index (χ4n) is 2.18. The number of nitro benzene ring substituents is 1. The number of hydrogen-bond acceptors (Lipinski definition) is 4. The quantitative estimate of drug-likeness (QED) is 0.679. The van der Waals surface area contributed by atoms with Crippen molar-refractivity contribution in [2.45, 2.75) is 13.2 Å². The average molecular weight is 290 g/mol. The van der Waals surface area contributed by atoms with Crippen LogP contribution in [0, 0.1) is 15.9 Å². The van der Waals surface area contributed by atoms with Gasteiger partial charge in [0.05, 0.1) is 11.5 Å². The van der Waals surface area contributed by atoms with Gasteiger partial charge in [-0.3, -0.25) is 10.1 Å². The van der Waals surface area contributed by atoms with Crippen molar-refractivity contribution in [1.29, 1.82) is 0 Å². The van der Waals surface area contributed by atoms with E-state index in [-0.39, 0.29) is 18.1 Å². The van der Waals surface area contributed by atoms with Crippen LogP contribution >= 0.6 is 0 Å². The number of nitro groups is 1. The van der Waals surface area contributed by atoms with E-state index in [1.807, 2.05) is 4.90 Å². The molecular formula is C15H15FN2O3. The van der Waals surface area contributed by atoms with Crippen LogP contribution in [-0.2, 0) is 13.2 Å². The van der Waals surface area contributed by atoms with E-state index in [0.29, 0.717) is 17.8 Å². The van der Waals surface area contributed by atoms with E-state index in [0.717, 1.165) is 5.56 Å². The molecule has 0 saturated carbocycles.